The number of ether oxygens (including phenoxy) is 1. The summed E-state index contributed by atoms with van der Waals surface area (Å²) in [5.41, 5.74) is 0. The van der Waals surface area contributed by atoms with Gasteiger partial charge in [0.2, 0.25) is 0 Å². The average Bonchev–Trinajstić information content (AvgIpc) is 2.03. The molecule has 0 saturated heterocycles. The van der Waals surface area contributed by atoms with E-state index < -0.39 is 0 Å². The summed E-state index contributed by atoms with van der Waals surface area (Å²) in [5, 5.41) is 0. The van der Waals surface area contributed by atoms with Crippen molar-refractivity contribution in [3.63, 3.8) is 0 Å². The van der Waals surface area contributed by atoms with E-state index in [1.54, 1.807) is 6.08 Å². The lowest BCUT2D eigenvalue weighted by atomic mass is 10.0. The molecule has 0 bridgehead atoms. The Kier molecular flexibility index (Phi) is 4.93. The first-order valence-electron chi connectivity index (χ1n) is 3.38. The molecule has 0 fully saturated rings. The Bertz CT molecular complexity index is 176. The van der Waals surface area contributed by atoms with Crippen LogP contribution in [0.3, 0.4) is 0 Å². The fourth-order valence-electron chi connectivity index (χ4n) is 0.773. The van der Waals surface area contributed by atoms with Crippen molar-refractivity contribution in [1.82, 2.24) is 0 Å². The lowest BCUT2D eigenvalue weighted by Gasteiger charge is -2.07. The molecule has 2 heteroatoms. The van der Waals surface area contributed by atoms with Crippen molar-refractivity contribution in [2.45, 2.75) is 12.8 Å². The monoisotopic (exact) mass is 152 g/mol. The van der Waals surface area contributed by atoms with E-state index in [0.717, 1.165) is 0 Å². The maximum atomic E-state index is 10.9. The Morgan fingerprint density at radius 3 is 2.91 bits per heavy atom. The van der Waals surface area contributed by atoms with E-state index in [0.29, 0.717) is 12.8 Å². The highest BCUT2D eigenvalue weighted by molar-refractivity contribution is 5.72. The molecule has 0 aliphatic rings. The second-order valence-corrected chi connectivity index (χ2v) is 2.15. The Hall–Kier alpha value is -1.23. The van der Waals surface area contributed by atoms with Crippen LogP contribution in [0.5, 0.6) is 0 Å². The molecule has 0 aromatic rings. The Balaban J connectivity index is 3.99. The number of allylic oxidation sites excluding steroid dienone is 1. The van der Waals surface area contributed by atoms with Gasteiger partial charge in [0, 0.05) is 6.42 Å². The average molecular weight is 152 g/mol. The fraction of sp³-hybridized carbons (Fsp3) is 0.444. The minimum absolute atomic E-state index is 0.220. The molecule has 2 nitrogen and oxygen atoms in total. The second-order valence-electron chi connectivity index (χ2n) is 2.15. The van der Waals surface area contributed by atoms with Crippen molar-refractivity contribution < 1.29 is 9.53 Å². The zero-order valence-electron chi connectivity index (χ0n) is 6.67. The summed E-state index contributed by atoms with van der Waals surface area (Å²) in [6, 6.07) is 0. The van der Waals surface area contributed by atoms with Crippen LogP contribution in [-0.4, -0.2) is 13.1 Å². The van der Waals surface area contributed by atoms with E-state index in [1.807, 2.05) is 0 Å². The first-order chi connectivity index (χ1) is 5.26. The quantitative estimate of drug-likeness (QED) is 0.345. The second kappa shape index (κ2) is 5.55. The highest BCUT2D eigenvalue weighted by Gasteiger charge is 2.15. The van der Waals surface area contributed by atoms with E-state index in [9.17, 15) is 4.79 Å². The summed E-state index contributed by atoms with van der Waals surface area (Å²) in [4.78, 5) is 10.9. The van der Waals surface area contributed by atoms with E-state index in [2.05, 4.69) is 17.2 Å². The summed E-state index contributed by atoms with van der Waals surface area (Å²) in [6.45, 7) is 3.52. The third kappa shape index (κ3) is 3.47. The van der Waals surface area contributed by atoms with Gasteiger partial charge in [-0.1, -0.05) is 6.08 Å². The first-order valence-corrected chi connectivity index (χ1v) is 3.38. The summed E-state index contributed by atoms with van der Waals surface area (Å²) in [7, 11) is 1.36. The maximum absolute atomic E-state index is 10.9. The first kappa shape index (κ1) is 9.77. The van der Waals surface area contributed by atoms with Crippen molar-refractivity contribution in [2.75, 3.05) is 7.11 Å². The van der Waals surface area contributed by atoms with Crippen LogP contribution < -0.4 is 0 Å². The van der Waals surface area contributed by atoms with Crippen LogP contribution in [0, 0.1) is 18.3 Å². The number of hydrogen-bond donors (Lipinski definition) is 0. The molecule has 0 rings (SSSR count). The van der Waals surface area contributed by atoms with Gasteiger partial charge in [-0.05, 0) is 6.42 Å². The normalized spacial score (nSPS) is 11.3. The molecule has 0 aliphatic carbocycles. The molecule has 0 aromatic heterocycles. The molecule has 60 valence electrons. The van der Waals surface area contributed by atoms with E-state index >= 15 is 0 Å². The number of terminal acetylenes is 1. The van der Waals surface area contributed by atoms with Gasteiger partial charge in [-0.2, -0.15) is 0 Å². The van der Waals surface area contributed by atoms with Gasteiger partial charge in [-0.15, -0.1) is 18.9 Å². The predicted molar refractivity (Wildman–Crippen MR) is 43.8 cm³/mol. The number of hydrogen-bond acceptors (Lipinski definition) is 2. The van der Waals surface area contributed by atoms with Gasteiger partial charge >= 0.3 is 5.97 Å². The molecule has 0 radical (unpaired) electrons. The fourth-order valence-corrected chi connectivity index (χ4v) is 0.773. The van der Waals surface area contributed by atoms with Gasteiger partial charge in [0.25, 0.3) is 0 Å². The van der Waals surface area contributed by atoms with Crippen molar-refractivity contribution in [2.24, 2.45) is 5.92 Å². The van der Waals surface area contributed by atoms with Gasteiger partial charge < -0.3 is 4.74 Å². The zero-order chi connectivity index (χ0) is 8.69. The molecule has 0 spiro atoms. The number of rotatable bonds is 4. The molecule has 0 heterocycles. The van der Waals surface area contributed by atoms with Crippen molar-refractivity contribution in [1.29, 1.82) is 0 Å². The maximum Gasteiger partial charge on any atom is 0.309 e. The molecule has 0 N–H and O–H groups in total. The summed E-state index contributed by atoms with van der Waals surface area (Å²) in [5.74, 6) is 1.94. The van der Waals surface area contributed by atoms with Gasteiger partial charge in [0.1, 0.15) is 0 Å². The number of methoxy groups -OCH3 is 1. The van der Waals surface area contributed by atoms with Crippen LogP contribution in [-0.2, 0) is 9.53 Å². The van der Waals surface area contributed by atoms with Crippen LogP contribution in [0.4, 0.5) is 0 Å². The third-order valence-electron chi connectivity index (χ3n) is 1.35. The summed E-state index contributed by atoms with van der Waals surface area (Å²) in [6.07, 6.45) is 7.72. The summed E-state index contributed by atoms with van der Waals surface area (Å²) >= 11 is 0. The SMILES string of the molecule is C#CCC(CC=C)C(=O)OC. The zero-order valence-corrected chi connectivity index (χ0v) is 6.67. The molecular formula is C9H12O2. The minimum Gasteiger partial charge on any atom is -0.469 e. The molecule has 1 unspecified atom stereocenters. The topological polar surface area (TPSA) is 26.3 Å². The van der Waals surface area contributed by atoms with Crippen molar-refractivity contribution in [3.8, 4) is 12.3 Å². The predicted octanol–water partition coefficient (Wildman–Crippen LogP) is 1.38. The van der Waals surface area contributed by atoms with Crippen LogP contribution in [0.25, 0.3) is 0 Å². The Labute approximate surface area is 67.2 Å². The molecule has 0 aliphatic heterocycles. The molecule has 0 amide bonds. The lowest BCUT2D eigenvalue weighted by molar-refractivity contribution is -0.145. The van der Waals surface area contributed by atoms with Gasteiger partial charge in [0.15, 0.2) is 0 Å². The van der Waals surface area contributed by atoms with E-state index in [4.69, 9.17) is 6.42 Å². The Morgan fingerprint density at radius 2 is 2.55 bits per heavy atom. The highest BCUT2D eigenvalue weighted by atomic mass is 16.5. The van der Waals surface area contributed by atoms with Crippen LogP contribution in [0.15, 0.2) is 12.7 Å². The van der Waals surface area contributed by atoms with Gasteiger partial charge in [-0.25, -0.2) is 0 Å². The smallest absolute Gasteiger partial charge is 0.309 e. The third-order valence-corrected chi connectivity index (χ3v) is 1.35. The number of carbonyl (C=O) groups excluding carboxylic acids is 1. The highest BCUT2D eigenvalue weighted by Crippen LogP contribution is 2.09. The van der Waals surface area contributed by atoms with Crippen LogP contribution >= 0.6 is 0 Å². The van der Waals surface area contributed by atoms with Gasteiger partial charge in [0.05, 0.1) is 13.0 Å². The molecular weight excluding hydrogens is 140 g/mol. The van der Waals surface area contributed by atoms with Gasteiger partial charge in [-0.3, -0.25) is 4.79 Å². The van der Waals surface area contributed by atoms with Crippen molar-refractivity contribution in [3.05, 3.63) is 12.7 Å². The van der Waals surface area contributed by atoms with Crippen molar-refractivity contribution >= 4 is 5.97 Å². The lowest BCUT2D eigenvalue weighted by Crippen LogP contribution is -2.14. The standard InChI is InChI=1S/C9H12O2/c1-4-6-8(7-5-2)9(10)11-3/h1,5,8H,2,6-7H2,3H3. The molecule has 0 saturated carbocycles. The van der Waals surface area contributed by atoms with E-state index in [-0.39, 0.29) is 11.9 Å². The minimum atomic E-state index is -0.261. The Morgan fingerprint density at radius 1 is 1.91 bits per heavy atom. The number of esters is 1. The van der Waals surface area contributed by atoms with Crippen LogP contribution in [0.2, 0.25) is 0 Å². The molecule has 1 atom stereocenters. The number of carbonyl (C=O) groups is 1. The molecule has 0 aromatic carbocycles. The largest absolute Gasteiger partial charge is 0.469 e. The van der Waals surface area contributed by atoms with E-state index in [1.165, 1.54) is 7.11 Å². The molecule has 11 heavy (non-hydrogen) atoms. The van der Waals surface area contributed by atoms with Crippen LogP contribution in [0.1, 0.15) is 12.8 Å². The summed E-state index contributed by atoms with van der Waals surface area (Å²) < 4.78 is 4.54.